The summed E-state index contributed by atoms with van der Waals surface area (Å²) in [5.74, 6) is -0.0519. The van der Waals surface area contributed by atoms with Gasteiger partial charge in [0.25, 0.3) is 0 Å². The predicted octanol–water partition coefficient (Wildman–Crippen LogP) is 11.6. The molecule has 0 spiro atoms. The van der Waals surface area contributed by atoms with Crippen molar-refractivity contribution in [2.24, 2.45) is 0 Å². The van der Waals surface area contributed by atoms with Crippen LogP contribution in [0.3, 0.4) is 0 Å². The fourth-order valence-electron chi connectivity index (χ4n) is 7.51. The molecule has 0 saturated heterocycles. The van der Waals surface area contributed by atoms with E-state index < -0.39 is 0 Å². The van der Waals surface area contributed by atoms with Gasteiger partial charge in [0.15, 0.2) is 0 Å². The molecule has 9 rings (SSSR count). The Morgan fingerprint density at radius 2 is 0.887 bits per heavy atom. The quantitative estimate of drug-likeness (QED) is 0.162. The number of thiophene rings is 1. The molecule has 4 aromatic carbocycles. The van der Waals surface area contributed by atoms with Gasteiger partial charge in [-0.25, -0.2) is 9.97 Å². The Labute approximate surface area is 312 Å². The van der Waals surface area contributed by atoms with Crippen LogP contribution >= 0.6 is 11.3 Å². The first kappa shape index (κ1) is 32.6. The van der Waals surface area contributed by atoms with Gasteiger partial charge in [-0.3, -0.25) is 9.59 Å². The van der Waals surface area contributed by atoms with Crippen LogP contribution in [0.2, 0.25) is 0 Å². The number of pyridine rings is 2. The highest BCUT2D eigenvalue weighted by atomic mass is 32.1. The molecule has 0 unspecified atom stereocenters. The third kappa shape index (κ3) is 6.41. The summed E-state index contributed by atoms with van der Waals surface area (Å²) in [6.07, 6.45) is 6.75. The van der Waals surface area contributed by atoms with Crippen LogP contribution in [0, 0.1) is 0 Å². The van der Waals surface area contributed by atoms with Gasteiger partial charge in [-0.2, -0.15) is 0 Å². The van der Waals surface area contributed by atoms with Crippen molar-refractivity contribution in [3.63, 3.8) is 0 Å². The van der Waals surface area contributed by atoms with Crippen molar-refractivity contribution >= 4 is 35.1 Å². The predicted molar refractivity (Wildman–Crippen MR) is 216 cm³/mol. The minimum atomic E-state index is -0.0269. The zero-order chi connectivity index (χ0) is 35.7. The van der Waals surface area contributed by atoms with Gasteiger partial charge in [-0.15, -0.1) is 11.3 Å². The highest BCUT2D eigenvalue weighted by molar-refractivity contribution is 7.11. The second-order valence-corrected chi connectivity index (χ2v) is 14.5. The number of hydrogen-bond donors (Lipinski definition) is 0. The summed E-state index contributed by atoms with van der Waals surface area (Å²) in [6, 6.07) is 46.9. The Kier molecular flexibility index (Phi) is 8.62. The van der Waals surface area contributed by atoms with Crippen LogP contribution in [-0.2, 0) is 12.8 Å². The van der Waals surface area contributed by atoms with Gasteiger partial charge < -0.3 is 0 Å². The number of ketones is 2. The minimum Gasteiger partial charge on any atom is -0.287 e. The summed E-state index contributed by atoms with van der Waals surface area (Å²) in [4.78, 5) is 39.2. The average molecular weight is 703 g/mol. The highest BCUT2D eigenvalue weighted by Crippen LogP contribution is 2.38. The monoisotopic (exact) mass is 702 g/mol. The number of carbonyl (C=O) groups is 2. The molecule has 4 nitrogen and oxygen atoms in total. The molecule has 2 aliphatic rings. The molecule has 3 heterocycles. The standard InChI is InChI=1S/C48H34N2O2S/c51-47-36(21-23-39-41(32-13-5-1-6-14-32)28-43(49-45(39)47)34-17-9-3-10-18-34)25-31-26-38(53-30-31)27-37-22-24-40-42(33-15-7-2-8-16-33)29-44(50-46(40)48(37)52)35-19-11-4-12-20-35/h1-20,25-30H,21-24H2. The van der Waals surface area contributed by atoms with Gasteiger partial charge in [-0.1, -0.05) is 121 Å². The van der Waals surface area contributed by atoms with Crippen molar-refractivity contribution in [3.8, 4) is 44.8 Å². The third-order valence-corrected chi connectivity index (χ3v) is 11.1. The molecule has 0 N–H and O–H groups in total. The van der Waals surface area contributed by atoms with Gasteiger partial charge in [0.1, 0.15) is 11.4 Å². The van der Waals surface area contributed by atoms with Gasteiger partial charge in [0, 0.05) is 27.2 Å². The van der Waals surface area contributed by atoms with Crippen molar-refractivity contribution in [2.75, 3.05) is 0 Å². The smallest absolute Gasteiger partial charge is 0.207 e. The minimum absolute atomic E-state index is 0.0249. The molecule has 0 bridgehead atoms. The van der Waals surface area contributed by atoms with Crippen LogP contribution in [0.25, 0.3) is 56.9 Å². The van der Waals surface area contributed by atoms with Crippen molar-refractivity contribution in [3.05, 3.63) is 189 Å². The van der Waals surface area contributed by atoms with Crippen LogP contribution in [0.4, 0.5) is 0 Å². The van der Waals surface area contributed by atoms with E-state index in [9.17, 15) is 9.59 Å². The van der Waals surface area contributed by atoms with Gasteiger partial charge in [-0.05, 0) is 100 Å². The number of nitrogens with zero attached hydrogens (tertiary/aromatic N) is 2. The molecule has 0 radical (unpaired) electrons. The average Bonchev–Trinajstić information content (AvgIpc) is 3.67. The van der Waals surface area contributed by atoms with E-state index in [1.165, 1.54) is 0 Å². The molecule has 53 heavy (non-hydrogen) atoms. The fourth-order valence-corrected chi connectivity index (χ4v) is 8.33. The third-order valence-electron chi connectivity index (χ3n) is 10.2. The number of rotatable bonds is 6. The molecule has 0 atom stereocenters. The van der Waals surface area contributed by atoms with E-state index in [0.717, 1.165) is 90.3 Å². The highest BCUT2D eigenvalue weighted by Gasteiger charge is 2.29. The van der Waals surface area contributed by atoms with Crippen LogP contribution in [0.5, 0.6) is 0 Å². The zero-order valence-electron chi connectivity index (χ0n) is 29.0. The van der Waals surface area contributed by atoms with Crippen molar-refractivity contribution < 1.29 is 9.59 Å². The van der Waals surface area contributed by atoms with Crippen molar-refractivity contribution in [2.45, 2.75) is 25.7 Å². The molecule has 0 fully saturated rings. The lowest BCUT2D eigenvalue weighted by atomic mass is 9.84. The van der Waals surface area contributed by atoms with Crippen LogP contribution in [0.1, 0.15) is 55.4 Å². The summed E-state index contributed by atoms with van der Waals surface area (Å²) in [6.45, 7) is 0. The summed E-state index contributed by atoms with van der Waals surface area (Å²) in [5.41, 5.74) is 13.4. The van der Waals surface area contributed by atoms with E-state index in [0.29, 0.717) is 24.2 Å². The van der Waals surface area contributed by atoms with Crippen molar-refractivity contribution in [1.82, 2.24) is 9.97 Å². The lowest BCUT2D eigenvalue weighted by Gasteiger charge is -2.21. The van der Waals surface area contributed by atoms with Crippen LogP contribution in [0.15, 0.2) is 156 Å². The largest absolute Gasteiger partial charge is 0.287 e. The first-order chi connectivity index (χ1) is 26.1. The zero-order valence-corrected chi connectivity index (χ0v) is 29.8. The Morgan fingerprint density at radius 3 is 1.34 bits per heavy atom. The van der Waals surface area contributed by atoms with Gasteiger partial charge in [0.05, 0.1) is 11.4 Å². The Balaban J connectivity index is 1.03. The van der Waals surface area contributed by atoms with E-state index in [1.54, 1.807) is 11.3 Å². The fraction of sp³-hybridized carbons (Fsp3) is 0.0833. The first-order valence-electron chi connectivity index (χ1n) is 18.0. The molecular formula is C48H34N2O2S. The maximum absolute atomic E-state index is 14.1. The molecule has 254 valence electrons. The molecule has 0 saturated carbocycles. The summed E-state index contributed by atoms with van der Waals surface area (Å²) >= 11 is 1.58. The molecule has 0 aliphatic heterocycles. The van der Waals surface area contributed by atoms with E-state index in [1.807, 2.05) is 109 Å². The number of carbonyl (C=O) groups excluding carboxylic acids is 2. The number of fused-ring (bicyclic) bond motifs is 2. The van der Waals surface area contributed by atoms with Crippen molar-refractivity contribution in [1.29, 1.82) is 0 Å². The number of Topliss-reactive ketones (excluding diaryl/α,β-unsaturated/α-hetero) is 2. The Hall–Kier alpha value is -6.30. The molecule has 3 aromatic heterocycles. The van der Waals surface area contributed by atoms with E-state index in [-0.39, 0.29) is 11.6 Å². The number of aromatic nitrogens is 2. The van der Waals surface area contributed by atoms with Crippen LogP contribution < -0.4 is 0 Å². The maximum atomic E-state index is 14.1. The molecule has 0 amide bonds. The number of hydrogen-bond acceptors (Lipinski definition) is 5. The number of allylic oxidation sites excluding steroid dienone is 2. The molecule has 5 heteroatoms. The Morgan fingerprint density at radius 1 is 0.472 bits per heavy atom. The maximum Gasteiger partial charge on any atom is 0.207 e. The van der Waals surface area contributed by atoms with E-state index >= 15 is 0 Å². The van der Waals surface area contributed by atoms with E-state index in [4.69, 9.17) is 9.97 Å². The normalized spacial score (nSPS) is 15.4. The van der Waals surface area contributed by atoms with E-state index in [2.05, 4.69) is 47.8 Å². The second-order valence-electron chi connectivity index (χ2n) is 13.5. The summed E-state index contributed by atoms with van der Waals surface area (Å²) in [7, 11) is 0. The summed E-state index contributed by atoms with van der Waals surface area (Å²) < 4.78 is 0. The lowest BCUT2D eigenvalue weighted by molar-refractivity contribution is 0.101. The van der Waals surface area contributed by atoms with Crippen LogP contribution in [-0.4, -0.2) is 21.5 Å². The SMILES string of the molecule is O=C1C(=Cc2csc(C=C3CCc4c(-c5ccccc5)cc(-c5ccccc5)nc4C3=O)c2)CCc2c(-c3ccccc3)cc(-c3ccccc3)nc21. The second kappa shape index (κ2) is 14.0. The van der Waals surface area contributed by atoms with Gasteiger partial charge in [0.2, 0.25) is 11.6 Å². The molecule has 7 aromatic rings. The molecular weight excluding hydrogens is 669 g/mol. The molecule has 2 aliphatic carbocycles. The lowest BCUT2D eigenvalue weighted by Crippen LogP contribution is -2.18. The topological polar surface area (TPSA) is 59.9 Å². The Bertz CT molecular complexity index is 2390. The summed E-state index contributed by atoms with van der Waals surface area (Å²) in [5, 5.41) is 2.06. The first-order valence-corrected chi connectivity index (χ1v) is 18.9. The number of benzene rings is 4. The van der Waals surface area contributed by atoms with Gasteiger partial charge >= 0.3 is 0 Å².